The van der Waals surface area contributed by atoms with Crippen LogP contribution in [0.25, 0.3) is 0 Å². The lowest BCUT2D eigenvalue weighted by molar-refractivity contribution is -0.0259. The van der Waals surface area contributed by atoms with Gasteiger partial charge in [-0.05, 0) is 18.8 Å². The zero-order chi connectivity index (χ0) is 15.2. The van der Waals surface area contributed by atoms with Gasteiger partial charge in [-0.2, -0.15) is 0 Å². The summed E-state index contributed by atoms with van der Waals surface area (Å²) >= 11 is 0. The molecule has 0 amide bonds. The van der Waals surface area contributed by atoms with E-state index in [9.17, 15) is 10.2 Å². The Balaban J connectivity index is 3.69. The molecule has 0 aliphatic heterocycles. The quantitative estimate of drug-likeness (QED) is 0.438. The summed E-state index contributed by atoms with van der Waals surface area (Å²) in [5.74, 6) is 0.273. The molecule has 0 radical (unpaired) electrons. The van der Waals surface area contributed by atoms with Crippen LogP contribution in [0.1, 0.15) is 97.8 Å². The van der Waals surface area contributed by atoms with Gasteiger partial charge in [0, 0.05) is 0 Å². The van der Waals surface area contributed by atoms with Crippen LogP contribution in [0.15, 0.2) is 0 Å². The van der Waals surface area contributed by atoms with Gasteiger partial charge in [-0.25, -0.2) is 0 Å². The molecule has 2 nitrogen and oxygen atoms in total. The summed E-state index contributed by atoms with van der Waals surface area (Å²) < 4.78 is 0. The van der Waals surface area contributed by atoms with Gasteiger partial charge in [-0.15, -0.1) is 0 Å². The zero-order valence-corrected chi connectivity index (χ0v) is 14.1. The van der Waals surface area contributed by atoms with Gasteiger partial charge in [-0.3, -0.25) is 0 Å². The lowest BCUT2D eigenvalue weighted by Crippen LogP contribution is -2.33. The molecule has 0 spiro atoms. The van der Waals surface area contributed by atoms with Crippen molar-refractivity contribution < 1.29 is 10.2 Å². The standard InChI is InChI=1S/C18H38O2/c1-4-7-9-10-11-12-13-15-17(19)18(20)16(6-3)14-8-5-2/h16-20H,4-15H2,1-3H3. The third-order valence-corrected chi connectivity index (χ3v) is 4.43. The maximum absolute atomic E-state index is 10.2. The molecule has 0 heterocycles. The molecule has 0 aromatic rings. The van der Waals surface area contributed by atoms with Crippen molar-refractivity contribution in [2.75, 3.05) is 0 Å². The Morgan fingerprint density at radius 2 is 1.20 bits per heavy atom. The second-order valence-corrected chi connectivity index (χ2v) is 6.28. The maximum Gasteiger partial charge on any atom is 0.0827 e. The average molecular weight is 287 g/mol. The van der Waals surface area contributed by atoms with E-state index in [0.717, 1.165) is 38.5 Å². The normalized spacial score (nSPS) is 16.1. The van der Waals surface area contributed by atoms with Crippen LogP contribution < -0.4 is 0 Å². The largest absolute Gasteiger partial charge is 0.390 e. The fourth-order valence-corrected chi connectivity index (χ4v) is 2.88. The minimum Gasteiger partial charge on any atom is -0.390 e. The van der Waals surface area contributed by atoms with E-state index >= 15 is 0 Å². The van der Waals surface area contributed by atoms with Crippen LogP contribution in [0, 0.1) is 5.92 Å². The highest BCUT2D eigenvalue weighted by Gasteiger charge is 2.23. The molecule has 3 atom stereocenters. The summed E-state index contributed by atoms with van der Waals surface area (Å²) in [5, 5.41) is 20.3. The van der Waals surface area contributed by atoms with Crippen LogP contribution in [-0.2, 0) is 0 Å². The van der Waals surface area contributed by atoms with Crippen molar-refractivity contribution in [2.24, 2.45) is 5.92 Å². The number of hydrogen-bond acceptors (Lipinski definition) is 2. The predicted molar refractivity (Wildman–Crippen MR) is 87.9 cm³/mol. The molecule has 0 bridgehead atoms. The van der Waals surface area contributed by atoms with Crippen LogP contribution in [-0.4, -0.2) is 22.4 Å². The molecule has 0 aromatic carbocycles. The van der Waals surface area contributed by atoms with Crippen molar-refractivity contribution in [2.45, 2.75) is 110 Å². The summed E-state index contributed by atoms with van der Waals surface area (Å²) in [7, 11) is 0. The molecule has 122 valence electrons. The maximum atomic E-state index is 10.2. The van der Waals surface area contributed by atoms with Crippen LogP contribution in [0.3, 0.4) is 0 Å². The monoisotopic (exact) mass is 286 g/mol. The number of rotatable bonds is 14. The van der Waals surface area contributed by atoms with Gasteiger partial charge >= 0.3 is 0 Å². The Bertz CT molecular complexity index is 194. The van der Waals surface area contributed by atoms with E-state index in [1.54, 1.807) is 0 Å². The van der Waals surface area contributed by atoms with Gasteiger partial charge in [0.2, 0.25) is 0 Å². The number of aliphatic hydroxyl groups is 2. The van der Waals surface area contributed by atoms with Gasteiger partial charge in [-0.1, -0.05) is 85.0 Å². The predicted octanol–water partition coefficient (Wildman–Crippen LogP) is 5.07. The first kappa shape index (κ1) is 19.9. The number of hydrogen-bond donors (Lipinski definition) is 2. The zero-order valence-electron chi connectivity index (χ0n) is 14.1. The molecule has 20 heavy (non-hydrogen) atoms. The molecule has 2 N–H and O–H groups in total. The fraction of sp³-hybridized carbons (Fsp3) is 1.00. The summed E-state index contributed by atoms with van der Waals surface area (Å²) in [5.41, 5.74) is 0. The van der Waals surface area contributed by atoms with Crippen LogP contribution in [0.2, 0.25) is 0 Å². The number of aliphatic hydroxyl groups excluding tert-OH is 2. The Kier molecular flexibility index (Phi) is 13.8. The first-order valence-electron chi connectivity index (χ1n) is 9.03. The highest BCUT2D eigenvalue weighted by Crippen LogP contribution is 2.22. The third-order valence-electron chi connectivity index (χ3n) is 4.43. The van der Waals surface area contributed by atoms with Gasteiger partial charge < -0.3 is 10.2 Å². The molecule has 0 aromatic heterocycles. The van der Waals surface area contributed by atoms with Crippen molar-refractivity contribution in [1.82, 2.24) is 0 Å². The van der Waals surface area contributed by atoms with Crippen molar-refractivity contribution in [3.05, 3.63) is 0 Å². The first-order valence-corrected chi connectivity index (χ1v) is 9.03. The van der Waals surface area contributed by atoms with Crippen LogP contribution in [0.4, 0.5) is 0 Å². The lowest BCUT2D eigenvalue weighted by atomic mass is 9.88. The summed E-state index contributed by atoms with van der Waals surface area (Å²) in [4.78, 5) is 0. The Hall–Kier alpha value is -0.0800. The highest BCUT2D eigenvalue weighted by molar-refractivity contribution is 4.75. The SMILES string of the molecule is CCCCCCCCCC(O)C(O)C(CC)CCCC. The van der Waals surface area contributed by atoms with E-state index in [2.05, 4.69) is 20.8 Å². The van der Waals surface area contributed by atoms with Crippen LogP contribution in [0.5, 0.6) is 0 Å². The van der Waals surface area contributed by atoms with Crippen molar-refractivity contribution >= 4 is 0 Å². The molecule has 0 saturated heterocycles. The average Bonchev–Trinajstić information content (AvgIpc) is 2.46. The molecule has 0 fully saturated rings. The molecule has 3 unspecified atom stereocenters. The Morgan fingerprint density at radius 1 is 0.650 bits per heavy atom. The Labute approximate surface area is 127 Å². The second kappa shape index (κ2) is 13.9. The fourth-order valence-electron chi connectivity index (χ4n) is 2.88. The first-order chi connectivity index (χ1) is 9.67. The summed E-state index contributed by atoms with van der Waals surface area (Å²) in [6.45, 7) is 6.53. The van der Waals surface area contributed by atoms with Crippen molar-refractivity contribution in [3.63, 3.8) is 0 Å². The topological polar surface area (TPSA) is 40.5 Å². The van der Waals surface area contributed by atoms with E-state index in [1.165, 1.54) is 38.5 Å². The minimum atomic E-state index is -0.522. The molecule has 0 aliphatic rings. The third kappa shape index (κ3) is 9.77. The van der Waals surface area contributed by atoms with E-state index in [1.807, 2.05) is 0 Å². The van der Waals surface area contributed by atoms with Crippen molar-refractivity contribution in [1.29, 1.82) is 0 Å². The summed E-state index contributed by atoms with van der Waals surface area (Å²) in [6.07, 6.45) is 12.9. The van der Waals surface area contributed by atoms with E-state index in [4.69, 9.17) is 0 Å². The molecule has 0 aliphatic carbocycles. The van der Waals surface area contributed by atoms with Gasteiger partial charge in [0.1, 0.15) is 0 Å². The Morgan fingerprint density at radius 3 is 1.75 bits per heavy atom. The van der Waals surface area contributed by atoms with Gasteiger partial charge in [0.15, 0.2) is 0 Å². The van der Waals surface area contributed by atoms with Gasteiger partial charge in [0.05, 0.1) is 12.2 Å². The molecule has 0 saturated carbocycles. The van der Waals surface area contributed by atoms with E-state index < -0.39 is 12.2 Å². The van der Waals surface area contributed by atoms with Crippen LogP contribution >= 0.6 is 0 Å². The molecular formula is C18H38O2. The second-order valence-electron chi connectivity index (χ2n) is 6.28. The smallest absolute Gasteiger partial charge is 0.0827 e. The highest BCUT2D eigenvalue weighted by atomic mass is 16.3. The van der Waals surface area contributed by atoms with E-state index in [-0.39, 0.29) is 5.92 Å². The van der Waals surface area contributed by atoms with Gasteiger partial charge in [0.25, 0.3) is 0 Å². The number of unbranched alkanes of at least 4 members (excludes halogenated alkanes) is 7. The minimum absolute atomic E-state index is 0.273. The summed E-state index contributed by atoms with van der Waals surface area (Å²) in [6, 6.07) is 0. The lowest BCUT2D eigenvalue weighted by Gasteiger charge is -2.26. The van der Waals surface area contributed by atoms with E-state index in [0.29, 0.717) is 0 Å². The molecular weight excluding hydrogens is 248 g/mol. The molecule has 0 rings (SSSR count). The molecule has 2 heteroatoms. The van der Waals surface area contributed by atoms with Crippen molar-refractivity contribution in [3.8, 4) is 0 Å².